The fourth-order valence-electron chi connectivity index (χ4n) is 5.24. The molecule has 1 saturated heterocycles. The van der Waals surface area contributed by atoms with Crippen molar-refractivity contribution < 1.29 is 38.0 Å². The molecule has 220 valence electrons. The summed E-state index contributed by atoms with van der Waals surface area (Å²) < 4.78 is 33.0. The van der Waals surface area contributed by atoms with Crippen molar-refractivity contribution in [3.05, 3.63) is 41.5 Å². The summed E-state index contributed by atoms with van der Waals surface area (Å²) in [6.45, 7) is 4.36. The van der Waals surface area contributed by atoms with E-state index in [-0.39, 0.29) is 18.0 Å². The molecule has 1 fully saturated rings. The van der Waals surface area contributed by atoms with Gasteiger partial charge in [-0.25, -0.2) is 4.79 Å². The lowest BCUT2D eigenvalue weighted by Crippen LogP contribution is -2.50. The van der Waals surface area contributed by atoms with Crippen LogP contribution < -0.4 is 23.7 Å². The Kier molecular flexibility index (Phi) is 11.3. The maximum Gasteiger partial charge on any atom is 0.329 e. The highest BCUT2D eigenvalue weighted by Gasteiger charge is 2.37. The Labute approximate surface area is 237 Å². The number of aryl methyl sites for hydroxylation is 1. The average molecular weight is 558 g/mol. The first-order valence-corrected chi connectivity index (χ1v) is 13.8. The average Bonchev–Trinajstić information content (AvgIpc) is 2.99. The summed E-state index contributed by atoms with van der Waals surface area (Å²) in [5.41, 5.74) is 1.81. The number of likely N-dealkylation sites (tertiary alicyclic amines) is 1. The van der Waals surface area contributed by atoms with Gasteiger partial charge in [0.15, 0.2) is 23.0 Å². The summed E-state index contributed by atoms with van der Waals surface area (Å²) >= 11 is 0. The number of carbonyl (C=O) groups is 2. The van der Waals surface area contributed by atoms with Gasteiger partial charge in [0.25, 0.3) is 0 Å². The molecule has 9 heteroatoms. The Balaban J connectivity index is 1.71. The number of esters is 1. The highest BCUT2D eigenvalue weighted by atomic mass is 16.5. The van der Waals surface area contributed by atoms with E-state index in [1.165, 1.54) is 0 Å². The SMILES string of the molecule is CCC(C(=O)N1CCCCC1C(=O)OC(C)CCc1ccc(OC)c(OC)c1)c1cc(OC)c(OC)c(OC)c1. The molecular formula is C31H43NO8. The van der Waals surface area contributed by atoms with Gasteiger partial charge in [-0.05, 0) is 80.8 Å². The summed E-state index contributed by atoms with van der Waals surface area (Å²) in [7, 11) is 7.85. The van der Waals surface area contributed by atoms with Crippen LogP contribution in [0.4, 0.5) is 0 Å². The van der Waals surface area contributed by atoms with Gasteiger partial charge in [-0.1, -0.05) is 13.0 Å². The molecule has 2 aromatic carbocycles. The van der Waals surface area contributed by atoms with Crippen LogP contribution in [-0.4, -0.2) is 71.0 Å². The Bertz CT molecular complexity index is 1130. The van der Waals surface area contributed by atoms with Crippen LogP contribution in [0.25, 0.3) is 0 Å². The third kappa shape index (κ3) is 7.11. The maximum atomic E-state index is 13.9. The quantitative estimate of drug-likeness (QED) is 0.312. The van der Waals surface area contributed by atoms with Crippen LogP contribution in [0.5, 0.6) is 28.7 Å². The maximum absolute atomic E-state index is 13.9. The molecule has 40 heavy (non-hydrogen) atoms. The second-order valence-corrected chi connectivity index (χ2v) is 9.94. The van der Waals surface area contributed by atoms with Crippen molar-refractivity contribution in [2.45, 2.75) is 70.4 Å². The van der Waals surface area contributed by atoms with Gasteiger partial charge in [0.1, 0.15) is 6.04 Å². The molecule has 0 N–H and O–H groups in total. The van der Waals surface area contributed by atoms with Crippen molar-refractivity contribution in [2.75, 3.05) is 42.1 Å². The van der Waals surface area contributed by atoms with Crippen LogP contribution in [0.2, 0.25) is 0 Å². The molecule has 3 rings (SSSR count). The molecular weight excluding hydrogens is 514 g/mol. The topological polar surface area (TPSA) is 92.8 Å². The van der Waals surface area contributed by atoms with Crippen molar-refractivity contribution in [3.63, 3.8) is 0 Å². The van der Waals surface area contributed by atoms with Crippen LogP contribution in [-0.2, 0) is 20.7 Å². The Hall–Kier alpha value is -3.62. The molecule has 1 aliphatic rings. The zero-order valence-corrected chi connectivity index (χ0v) is 24.8. The summed E-state index contributed by atoms with van der Waals surface area (Å²) in [6.07, 6.45) is 3.89. The molecule has 0 saturated carbocycles. The standard InChI is InChI=1S/C31H43NO8/c1-8-23(22-18-27(37-5)29(39-7)28(19-22)38-6)30(33)32-16-10-9-11-24(32)31(34)40-20(2)12-13-21-14-15-25(35-3)26(17-21)36-4/h14-15,17-20,23-24H,8-13,16H2,1-7H3. The summed E-state index contributed by atoms with van der Waals surface area (Å²) in [6, 6.07) is 8.78. The first-order valence-electron chi connectivity index (χ1n) is 13.8. The van der Waals surface area contributed by atoms with Crippen molar-refractivity contribution in [2.24, 2.45) is 0 Å². The number of rotatable bonds is 13. The van der Waals surface area contributed by atoms with E-state index in [2.05, 4.69) is 0 Å². The highest BCUT2D eigenvalue weighted by Crippen LogP contribution is 2.41. The summed E-state index contributed by atoms with van der Waals surface area (Å²) in [4.78, 5) is 28.9. The van der Waals surface area contributed by atoms with Crippen molar-refractivity contribution in [1.82, 2.24) is 4.90 Å². The molecule has 1 amide bonds. The van der Waals surface area contributed by atoms with Crippen molar-refractivity contribution in [3.8, 4) is 28.7 Å². The van der Waals surface area contributed by atoms with E-state index < -0.39 is 12.0 Å². The normalized spacial score (nSPS) is 16.5. The highest BCUT2D eigenvalue weighted by molar-refractivity contribution is 5.89. The van der Waals surface area contributed by atoms with Crippen LogP contribution in [0.1, 0.15) is 63.0 Å². The number of ether oxygens (including phenoxy) is 6. The van der Waals surface area contributed by atoms with Crippen LogP contribution in [0.3, 0.4) is 0 Å². The van der Waals surface area contributed by atoms with Gasteiger partial charge in [0.2, 0.25) is 11.7 Å². The molecule has 0 bridgehead atoms. The zero-order valence-electron chi connectivity index (χ0n) is 24.8. The third-order valence-corrected chi connectivity index (χ3v) is 7.46. The van der Waals surface area contributed by atoms with Gasteiger partial charge in [0.05, 0.1) is 47.6 Å². The van der Waals surface area contributed by atoms with E-state index in [4.69, 9.17) is 28.4 Å². The van der Waals surface area contributed by atoms with Gasteiger partial charge in [-0.15, -0.1) is 0 Å². The van der Waals surface area contributed by atoms with Crippen LogP contribution in [0, 0.1) is 0 Å². The molecule has 0 spiro atoms. The van der Waals surface area contributed by atoms with E-state index in [1.807, 2.05) is 32.0 Å². The van der Waals surface area contributed by atoms with Gasteiger partial charge < -0.3 is 33.3 Å². The van der Waals surface area contributed by atoms with E-state index in [0.29, 0.717) is 61.0 Å². The van der Waals surface area contributed by atoms with Crippen molar-refractivity contribution in [1.29, 1.82) is 0 Å². The van der Waals surface area contributed by atoms with Gasteiger partial charge >= 0.3 is 5.97 Å². The van der Waals surface area contributed by atoms with Gasteiger partial charge in [-0.3, -0.25) is 4.79 Å². The van der Waals surface area contributed by atoms with Gasteiger partial charge in [-0.2, -0.15) is 0 Å². The molecule has 0 aromatic heterocycles. The second kappa shape index (κ2) is 14.7. The van der Waals surface area contributed by atoms with E-state index in [0.717, 1.165) is 24.0 Å². The minimum atomic E-state index is -0.610. The zero-order chi connectivity index (χ0) is 29.2. The number of benzene rings is 2. The smallest absolute Gasteiger partial charge is 0.329 e. The molecule has 3 unspecified atom stereocenters. The Morgan fingerprint density at radius 3 is 2.10 bits per heavy atom. The number of nitrogens with zero attached hydrogens (tertiary/aromatic N) is 1. The monoisotopic (exact) mass is 557 g/mol. The molecule has 3 atom stereocenters. The lowest BCUT2D eigenvalue weighted by Gasteiger charge is -2.37. The molecule has 2 aromatic rings. The summed E-state index contributed by atoms with van der Waals surface area (Å²) in [5, 5.41) is 0. The minimum Gasteiger partial charge on any atom is -0.493 e. The number of methoxy groups -OCH3 is 5. The third-order valence-electron chi connectivity index (χ3n) is 7.46. The van der Waals surface area contributed by atoms with Crippen molar-refractivity contribution >= 4 is 11.9 Å². The largest absolute Gasteiger partial charge is 0.493 e. The molecule has 1 heterocycles. The lowest BCUT2D eigenvalue weighted by atomic mass is 9.91. The fourth-order valence-corrected chi connectivity index (χ4v) is 5.24. The Morgan fingerprint density at radius 2 is 1.52 bits per heavy atom. The molecule has 0 radical (unpaired) electrons. The van der Waals surface area contributed by atoms with E-state index in [1.54, 1.807) is 52.6 Å². The molecule has 0 aliphatic carbocycles. The molecule has 1 aliphatic heterocycles. The summed E-state index contributed by atoms with van der Waals surface area (Å²) in [5.74, 6) is 1.86. The van der Waals surface area contributed by atoms with Crippen LogP contribution >= 0.6 is 0 Å². The second-order valence-electron chi connectivity index (χ2n) is 9.94. The number of hydrogen-bond donors (Lipinski definition) is 0. The van der Waals surface area contributed by atoms with E-state index >= 15 is 0 Å². The minimum absolute atomic E-state index is 0.101. The first-order chi connectivity index (χ1) is 19.3. The number of hydrogen-bond acceptors (Lipinski definition) is 8. The number of carbonyl (C=O) groups excluding carboxylic acids is 2. The predicted molar refractivity (Wildman–Crippen MR) is 152 cm³/mol. The Morgan fingerprint density at radius 1 is 0.875 bits per heavy atom. The number of amides is 1. The van der Waals surface area contributed by atoms with E-state index in [9.17, 15) is 9.59 Å². The lowest BCUT2D eigenvalue weighted by molar-refractivity contribution is -0.161. The fraction of sp³-hybridized carbons (Fsp3) is 0.548. The predicted octanol–water partition coefficient (Wildman–Crippen LogP) is 5.17. The number of piperidine rings is 1. The first kappa shape index (κ1) is 30.9. The molecule has 9 nitrogen and oxygen atoms in total. The van der Waals surface area contributed by atoms with Gasteiger partial charge in [0, 0.05) is 6.54 Å². The van der Waals surface area contributed by atoms with Crippen LogP contribution in [0.15, 0.2) is 30.3 Å².